The van der Waals surface area contributed by atoms with Crippen molar-refractivity contribution >= 4 is 38.9 Å². The van der Waals surface area contributed by atoms with E-state index in [1.807, 2.05) is 25.1 Å². The topological polar surface area (TPSA) is 66.5 Å². The molecule has 28 heavy (non-hydrogen) atoms. The predicted octanol–water partition coefficient (Wildman–Crippen LogP) is 4.73. The molecule has 0 aliphatic carbocycles. The van der Waals surface area contributed by atoms with Crippen molar-refractivity contribution in [1.82, 2.24) is 0 Å². The van der Waals surface area contributed by atoms with Gasteiger partial charge < -0.3 is 5.32 Å². The molecule has 0 atom stereocenters. The van der Waals surface area contributed by atoms with E-state index in [0.717, 1.165) is 9.87 Å². The fourth-order valence-corrected chi connectivity index (χ4v) is 4.09. The zero-order valence-corrected chi connectivity index (χ0v) is 17.0. The van der Waals surface area contributed by atoms with Crippen LogP contribution >= 0.6 is 11.6 Å². The van der Waals surface area contributed by atoms with E-state index in [4.69, 9.17) is 11.6 Å². The lowest BCUT2D eigenvalue weighted by Crippen LogP contribution is -2.27. The van der Waals surface area contributed by atoms with E-state index in [-0.39, 0.29) is 15.5 Å². The van der Waals surface area contributed by atoms with Gasteiger partial charge in [-0.2, -0.15) is 0 Å². The van der Waals surface area contributed by atoms with Crippen molar-refractivity contribution < 1.29 is 13.2 Å². The highest BCUT2D eigenvalue weighted by atomic mass is 35.5. The summed E-state index contributed by atoms with van der Waals surface area (Å²) < 4.78 is 26.8. The Hall–Kier alpha value is -2.83. The molecule has 0 fully saturated rings. The van der Waals surface area contributed by atoms with Crippen molar-refractivity contribution in [2.75, 3.05) is 16.7 Å². The number of para-hydroxylation sites is 1. The molecule has 0 aliphatic rings. The van der Waals surface area contributed by atoms with Gasteiger partial charge in [-0.3, -0.25) is 9.10 Å². The third kappa shape index (κ3) is 4.03. The van der Waals surface area contributed by atoms with Gasteiger partial charge in [-0.05, 0) is 48.9 Å². The molecule has 0 aliphatic heterocycles. The normalized spacial score (nSPS) is 11.1. The van der Waals surface area contributed by atoms with Crippen molar-refractivity contribution in [3.8, 4) is 0 Å². The third-order valence-electron chi connectivity index (χ3n) is 4.35. The number of aryl methyl sites for hydroxylation is 1. The fraction of sp³-hybridized carbons (Fsp3) is 0.0952. The van der Waals surface area contributed by atoms with Gasteiger partial charge in [-0.15, -0.1) is 0 Å². The molecule has 7 heteroatoms. The van der Waals surface area contributed by atoms with Gasteiger partial charge >= 0.3 is 0 Å². The highest BCUT2D eigenvalue weighted by molar-refractivity contribution is 7.92. The van der Waals surface area contributed by atoms with Crippen molar-refractivity contribution in [3.05, 3.63) is 88.9 Å². The minimum absolute atomic E-state index is 0.165. The Balaban J connectivity index is 1.93. The molecular weight excluding hydrogens is 396 g/mol. The van der Waals surface area contributed by atoms with E-state index < -0.39 is 15.9 Å². The Morgan fingerprint density at radius 2 is 1.61 bits per heavy atom. The van der Waals surface area contributed by atoms with Crippen LogP contribution in [0.25, 0.3) is 0 Å². The van der Waals surface area contributed by atoms with E-state index in [1.165, 1.54) is 31.3 Å². The number of halogens is 1. The molecule has 1 amide bonds. The van der Waals surface area contributed by atoms with E-state index >= 15 is 0 Å². The van der Waals surface area contributed by atoms with Crippen LogP contribution in [0.4, 0.5) is 11.4 Å². The van der Waals surface area contributed by atoms with Crippen LogP contribution in [0.1, 0.15) is 15.9 Å². The monoisotopic (exact) mass is 414 g/mol. The second-order valence-corrected chi connectivity index (χ2v) is 8.60. The Morgan fingerprint density at radius 1 is 0.964 bits per heavy atom. The van der Waals surface area contributed by atoms with Crippen molar-refractivity contribution in [1.29, 1.82) is 0 Å². The molecule has 0 spiro atoms. The number of rotatable bonds is 5. The molecule has 3 rings (SSSR count). The summed E-state index contributed by atoms with van der Waals surface area (Å²) in [4.78, 5) is 12.9. The Bertz CT molecular complexity index is 1120. The summed E-state index contributed by atoms with van der Waals surface area (Å²) in [5.41, 5.74) is 2.10. The van der Waals surface area contributed by atoms with Crippen LogP contribution < -0.4 is 9.62 Å². The minimum Gasteiger partial charge on any atom is -0.322 e. The number of anilines is 2. The SMILES string of the molecule is Cc1ccccc1NC(=O)c1cc(N(C)S(=O)(=O)c2ccccc2)ccc1Cl. The lowest BCUT2D eigenvalue weighted by molar-refractivity contribution is 0.102. The van der Waals surface area contributed by atoms with Crippen LogP contribution in [-0.4, -0.2) is 21.4 Å². The summed E-state index contributed by atoms with van der Waals surface area (Å²) in [5, 5.41) is 3.05. The van der Waals surface area contributed by atoms with Gasteiger partial charge in [0.2, 0.25) is 0 Å². The number of carbonyl (C=O) groups excluding carboxylic acids is 1. The van der Waals surface area contributed by atoms with E-state index in [1.54, 1.807) is 30.3 Å². The second-order valence-electron chi connectivity index (χ2n) is 6.22. The molecular formula is C21H19ClN2O3S. The molecule has 0 bridgehead atoms. The maximum atomic E-state index is 12.8. The summed E-state index contributed by atoms with van der Waals surface area (Å²) in [6, 6.07) is 20.0. The Kier molecular flexibility index (Phi) is 5.72. The highest BCUT2D eigenvalue weighted by Gasteiger charge is 2.22. The number of hydrogen-bond donors (Lipinski definition) is 1. The lowest BCUT2D eigenvalue weighted by atomic mass is 10.1. The van der Waals surface area contributed by atoms with Crippen LogP contribution in [0, 0.1) is 6.92 Å². The first-order valence-corrected chi connectivity index (χ1v) is 10.3. The number of carbonyl (C=O) groups is 1. The maximum absolute atomic E-state index is 12.8. The summed E-state index contributed by atoms with van der Waals surface area (Å²) in [6.07, 6.45) is 0. The Morgan fingerprint density at radius 3 is 2.29 bits per heavy atom. The molecule has 1 N–H and O–H groups in total. The van der Waals surface area contributed by atoms with Crippen molar-refractivity contribution in [2.45, 2.75) is 11.8 Å². The van der Waals surface area contributed by atoms with E-state index in [0.29, 0.717) is 11.4 Å². The van der Waals surface area contributed by atoms with Crippen LogP contribution in [0.2, 0.25) is 5.02 Å². The third-order valence-corrected chi connectivity index (χ3v) is 6.48. The zero-order chi connectivity index (χ0) is 20.3. The molecule has 0 unspecified atom stereocenters. The smallest absolute Gasteiger partial charge is 0.264 e. The fourth-order valence-electron chi connectivity index (χ4n) is 2.68. The number of nitrogens with one attached hydrogen (secondary N) is 1. The van der Waals surface area contributed by atoms with Crippen LogP contribution in [0.3, 0.4) is 0 Å². The van der Waals surface area contributed by atoms with Crippen molar-refractivity contribution in [3.63, 3.8) is 0 Å². The first-order valence-electron chi connectivity index (χ1n) is 8.51. The largest absolute Gasteiger partial charge is 0.322 e. The first-order chi connectivity index (χ1) is 13.3. The first kappa shape index (κ1) is 19.9. The molecule has 3 aromatic rings. The molecule has 0 saturated heterocycles. The van der Waals surface area contributed by atoms with Crippen LogP contribution in [0.5, 0.6) is 0 Å². The summed E-state index contributed by atoms with van der Waals surface area (Å²) >= 11 is 6.20. The van der Waals surface area contributed by atoms with Gasteiger partial charge in [0.25, 0.3) is 15.9 Å². The number of sulfonamides is 1. The number of hydrogen-bond acceptors (Lipinski definition) is 3. The summed E-state index contributed by atoms with van der Waals surface area (Å²) in [6.45, 7) is 1.88. The van der Waals surface area contributed by atoms with E-state index in [2.05, 4.69) is 5.32 Å². The van der Waals surface area contributed by atoms with Gasteiger partial charge in [0.1, 0.15) is 0 Å². The second kappa shape index (κ2) is 8.04. The average molecular weight is 415 g/mol. The molecule has 0 heterocycles. The van der Waals surface area contributed by atoms with Gasteiger partial charge in [0.15, 0.2) is 0 Å². The van der Waals surface area contributed by atoms with Gasteiger partial charge in [-0.1, -0.05) is 48.0 Å². The summed E-state index contributed by atoms with van der Waals surface area (Å²) in [7, 11) is -2.32. The van der Waals surface area contributed by atoms with E-state index in [9.17, 15) is 13.2 Å². The quantitative estimate of drug-likeness (QED) is 0.656. The predicted molar refractivity (Wildman–Crippen MR) is 113 cm³/mol. The molecule has 0 radical (unpaired) electrons. The molecule has 3 aromatic carbocycles. The maximum Gasteiger partial charge on any atom is 0.264 e. The highest BCUT2D eigenvalue weighted by Crippen LogP contribution is 2.27. The van der Waals surface area contributed by atoms with Gasteiger partial charge in [-0.25, -0.2) is 8.42 Å². The molecule has 5 nitrogen and oxygen atoms in total. The lowest BCUT2D eigenvalue weighted by Gasteiger charge is -2.20. The summed E-state index contributed by atoms with van der Waals surface area (Å²) in [5.74, 6) is -0.411. The van der Waals surface area contributed by atoms with Crippen LogP contribution in [-0.2, 0) is 10.0 Å². The number of nitrogens with zero attached hydrogens (tertiary/aromatic N) is 1. The zero-order valence-electron chi connectivity index (χ0n) is 15.4. The van der Waals surface area contributed by atoms with Gasteiger partial charge in [0, 0.05) is 12.7 Å². The average Bonchev–Trinajstić information content (AvgIpc) is 2.70. The molecule has 0 aromatic heterocycles. The van der Waals surface area contributed by atoms with Gasteiger partial charge in [0.05, 0.1) is 21.2 Å². The van der Waals surface area contributed by atoms with Crippen LogP contribution in [0.15, 0.2) is 77.7 Å². The van der Waals surface area contributed by atoms with Crippen molar-refractivity contribution in [2.24, 2.45) is 0 Å². The number of amides is 1. The standard InChI is InChI=1S/C21H19ClN2O3S/c1-15-8-6-7-11-20(15)23-21(25)18-14-16(12-13-19(18)22)24(2)28(26,27)17-9-4-3-5-10-17/h3-14H,1-2H3,(H,23,25). The minimum atomic E-state index is -3.75. The molecule has 0 saturated carbocycles. The molecule has 144 valence electrons. The number of benzene rings is 3. The Labute approximate surface area is 169 Å².